The second-order valence-corrected chi connectivity index (χ2v) is 4.04. The Kier molecular flexibility index (Phi) is 21.9. The summed E-state index contributed by atoms with van der Waals surface area (Å²) in [5.74, 6) is 5.68. The van der Waals surface area contributed by atoms with Gasteiger partial charge in [-0.15, -0.1) is 0 Å². The zero-order chi connectivity index (χ0) is 19.5. The summed E-state index contributed by atoms with van der Waals surface area (Å²) in [6.07, 6.45) is -0.529. The van der Waals surface area contributed by atoms with E-state index in [2.05, 4.69) is 31.8 Å². The molecule has 0 saturated heterocycles. The van der Waals surface area contributed by atoms with Crippen molar-refractivity contribution in [3.05, 3.63) is 91.7 Å². The van der Waals surface area contributed by atoms with Gasteiger partial charge >= 0.3 is 39.9 Å². The van der Waals surface area contributed by atoms with Gasteiger partial charge in [0.05, 0.1) is 0 Å². The maximum Gasteiger partial charge on any atom is 0 e. The van der Waals surface area contributed by atoms with Crippen LogP contribution in [0.15, 0.2) is 60.7 Å². The maximum absolute atomic E-state index is 11.1. The van der Waals surface area contributed by atoms with Gasteiger partial charge in [-0.2, -0.15) is 0 Å². The van der Waals surface area contributed by atoms with Crippen LogP contribution in [0.25, 0.3) is 0 Å². The van der Waals surface area contributed by atoms with Crippen LogP contribution in [0.1, 0.15) is 24.2 Å². The number of esters is 1. The number of carbonyl (C=O) groups excluding carboxylic acids is 1. The first kappa shape index (κ1) is 28.0. The van der Waals surface area contributed by atoms with Crippen molar-refractivity contribution in [2.24, 2.45) is 0 Å². The van der Waals surface area contributed by atoms with E-state index in [-0.39, 0.29) is 23.3 Å². The summed E-state index contributed by atoms with van der Waals surface area (Å²) in [5, 5.41) is 0. The minimum atomic E-state index is -0.529. The number of ether oxygens (including phenoxy) is 1. The van der Waals surface area contributed by atoms with Crippen molar-refractivity contribution >= 4 is 5.97 Å². The quantitative estimate of drug-likeness (QED) is 0.343. The van der Waals surface area contributed by atoms with Crippen molar-refractivity contribution in [3.8, 4) is 11.8 Å². The van der Waals surface area contributed by atoms with E-state index in [4.69, 9.17) is 18.7 Å². The molecule has 0 unspecified atom stereocenters. The first-order chi connectivity index (χ1) is 12.3. The van der Waals surface area contributed by atoms with E-state index < -0.39 is 6.10 Å². The van der Waals surface area contributed by atoms with Gasteiger partial charge in [-0.25, -0.2) is 0 Å². The summed E-state index contributed by atoms with van der Waals surface area (Å²) >= 11 is 0. The van der Waals surface area contributed by atoms with Crippen LogP contribution in [0.2, 0.25) is 0 Å². The summed E-state index contributed by atoms with van der Waals surface area (Å²) in [4.78, 5) is 11.1. The number of hydrogen-bond donors (Lipinski definition) is 0. The number of carbonyl (C=O) groups is 1. The van der Waals surface area contributed by atoms with E-state index in [1.165, 1.54) is 6.92 Å². The van der Waals surface area contributed by atoms with Crippen molar-refractivity contribution in [3.63, 3.8) is 0 Å². The van der Waals surface area contributed by atoms with E-state index >= 15 is 0 Å². The molecule has 0 radical (unpaired) electrons. The third-order valence-electron chi connectivity index (χ3n) is 2.51. The monoisotopic (exact) mass is 386 g/mol. The first-order valence-corrected chi connectivity index (χ1v) is 6.66. The van der Waals surface area contributed by atoms with Crippen molar-refractivity contribution in [1.82, 2.24) is 0 Å². The molecule has 0 spiro atoms. The van der Waals surface area contributed by atoms with E-state index in [0.29, 0.717) is 0 Å². The third kappa shape index (κ3) is 12.6. The molecule has 0 aliphatic carbocycles. The van der Waals surface area contributed by atoms with E-state index in [0.717, 1.165) is 11.1 Å². The number of rotatable bonds is 2. The van der Waals surface area contributed by atoms with Crippen molar-refractivity contribution < 1.29 is 40.8 Å². The molecule has 0 bridgehead atoms. The number of hydrogen-bond acceptors (Lipinski definition) is 2. The Morgan fingerprint density at radius 3 is 1.73 bits per heavy atom. The topological polar surface area (TPSA) is 86.0 Å². The number of benzene rings is 2. The van der Waals surface area contributed by atoms with Gasteiger partial charge in [0, 0.05) is 35.4 Å². The third-order valence-corrected chi connectivity index (χ3v) is 2.51. The Balaban J connectivity index is -0.000000686. The predicted octanol–water partition coefficient (Wildman–Crippen LogP) is 3.23. The van der Waals surface area contributed by atoms with Crippen LogP contribution in [-0.4, -0.2) is 5.97 Å². The van der Waals surface area contributed by atoms with Gasteiger partial charge in [0.2, 0.25) is 0 Å². The van der Waals surface area contributed by atoms with Crippen LogP contribution < -0.4 is 0 Å². The molecule has 0 aromatic heterocycles. The molecule has 130 valence electrons. The molecule has 2 rings (SSSR count). The van der Waals surface area contributed by atoms with Gasteiger partial charge in [-0.05, 0) is 18.1 Å². The molecule has 0 amide bonds. The van der Waals surface area contributed by atoms with Gasteiger partial charge in [-0.3, -0.25) is 4.79 Å². The van der Waals surface area contributed by atoms with Gasteiger partial charge in [-0.1, -0.05) is 54.5 Å². The Hall–Kier alpha value is -2.78. The molecule has 0 heterocycles. The van der Waals surface area contributed by atoms with Gasteiger partial charge < -0.3 is 4.74 Å². The molecule has 0 saturated carbocycles. The predicted molar refractivity (Wildman–Crippen MR) is 86.1 cm³/mol. The summed E-state index contributed by atoms with van der Waals surface area (Å²) in [7, 11) is 0. The fraction of sp³-hybridized carbons (Fsp3) is 0.100. The molecular weight excluding hydrogens is 372 g/mol. The second-order valence-electron chi connectivity index (χ2n) is 4.04. The molecule has 1 atom stereocenters. The second kappa shape index (κ2) is 20.3. The van der Waals surface area contributed by atoms with Crippen LogP contribution in [0.3, 0.4) is 0 Å². The minimum Gasteiger partial charge on any atom is 0 e. The average molecular weight is 386 g/mol. The Bertz CT molecular complexity index is 711. The van der Waals surface area contributed by atoms with E-state index in [1.807, 2.05) is 60.7 Å². The molecule has 0 aliphatic heterocycles. The standard InChI is InChI=1S/C17H14O2.3CO.Cr/c1-14(18)19-17(16-10-6-3-7-11-16)13-12-15-8-4-2-5-9-15;3*1-2;/h2-11,17H,1H3;;;;/t17-;;;;/m1..../s1. The molecule has 26 heavy (non-hydrogen) atoms. The van der Waals surface area contributed by atoms with Gasteiger partial charge in [0.25, 0.3) is 0 Å². The van der Waals surface area contributed by atoms with E-state index in [9.17, 15) is 4.79 Å². The summed E-state index contributed by atoms with van der Waals surface area (Å²) in [6, 6.07) is 19.1. The van der Waals surface area contributed by atoms with Crippen LogP contribution in [0.5, 0.6) is 0 Å². The van der Waals surface area contributed by atoms with Gasteiger partial charge in [0.15, 0.2) is 6.10 Å². The summed E-state index contributed by atoms with van der Waals surface area (Å²) in [6.45, 7) is 14.9. The van der Waals surface area contributed by atoms with E-state index in [1.54, 1.807) is 0 Å². The summed E-state index contributed by atoms with van der Waals surface area (Å²) in [5.41, 5.74) is 1.77. The fourth-order valence-electron chi connectivity index (χ4n) is 1.64. The SMILES string of the molecule is CC(=O)O[C@H](C#Cc1ccccc1)c1ccccc1.[C-]#[O+].[C-]#[O+].[C-]#[O+].[Cr]. The fourth-order valence-corrected chi connectivity index (χ4v) is 1.64. The molecule has 2 aromatic rings. The normalized spacial score (nSPS) is 8.27. The van der Waals surface area contributed by atoms with Crippen LogP contribution in [0, 0.1) is 31.8 Å². The molecule has 2 aromatic carbocycles. The van der Waals surface area contributed by atoms with Crippen LogP contribution in [-0.2, 0) is 40.8 Å². The molecular formula is C20H14CrO5. The maximum atomic E-state index is 11.1. The van der Waals surface area contributed by atoms with Gasteiger partial charge in [0.1, 0.15) is 0 Å². The summed E-state index contributed by atoms with van der Waals surface area (Å²) < 4.78 is 27.7. The molecule has 5 nitrogen and oxygen atoms in total. The molecule has 6 heteroatoms. The zero-order valence-electron chi connectivity index (χ0n) is 13.8. The average Bonchev–Trinajstić information content (AvgIpc) is 2.71. The molecule has 0 aliphatic rings. The van der Waals surface area contributed by atoms with Crippen LogP contribution >= 0.6 is 0 Å². The van der Waals surface area contributed by atoms with Crippen LogP contribution in [0.4, 0.5) is 0 Å². The largest absolute Gasteiger partial charge is 0 e. The zero-order valence-corrected chi connectivity index (χ0v) is 15.1. The first-order valence-electron chi connectivity index (χ1n) is 6.66. The molecule has 0 fully saturated rings. The Morgan fingerprint density at radius 1 is 0.885 bits per heavy atom. The van der Waals surface area contributed by atoms with Crippen molar-refractivity contribution in [2.45, 2.75) is 13.0 Å². The molecule has 0 N–H and O–H groups in total. The van der Waals surface area contributed by atoms with Crippen molar-refractivity contribution in [2.75, 3.05) is 0 Å². The Morgan fingerprint density at radius 2 is 1.31 bits per heavy atom. The Labute approximate surface area is 163 Å². The minimum absolute atomic E-state index is 0. The smallest absolute Gasteiger partial charge is 0 e. The van der Waals surface area contributed by atoms with Crippen molar-refractivity contribution in [1.29, 1.82) is 0 Å².